The van der Waals surface area contributed by atoms with Gasteiger partial charge in [-0.3, -0.25) is 4.90 Å². The summed E-state index contributed by atoms with van der Waals surface area (Å²) in [5, 5.41) is 17.0. The fourth-order valence-corrected chi connectivity index (χ4v) is 3.46. The molecule has 0 saturated carbocycles. The molecule has 0 radical (unpaired) electrons. The largest absolute Gasteiger partial charge is 0.385 e. The van der Waals surface area contributed by atoms with Crippen LogP contribution in [0.1, 0.15) is 0 Å². The van der Waals surface area contributed by atoms with Crippen molar-refractivity contribution in [1.29, 1.82) is 0 Å². The maximum atomic E-state index is 10.6. The van der Waals surface area contributed by atoms with Crippen molar-refractivity contribution in [2.45, 2.75) is 5.60 Å². The van der Waals surface area contributed by atoms with Gasteiger partial charge in [0.2, 0.25) is 0 Å². The van der Waals surface area contributed by atoms with Gasteiger partial charge in [0.25, 0.3) is 0 Å². The summed E-state index contributed by atoms with van der Waals surface area (Å²) in [5.74, 6) is 0. The SMILES string of the molecule is Cl.Cl.OC1(CN2CCN(c3nccs3)CC2)CNCCOC1. The van der Waals surface area contributed by atoms with E-state index in [2.05, 4.69) is 20.1 Å². The van der Waals surface area contributed by atoms with E-state index in [1.807, 2.05) is 11.6 Å². The van der Waals surface area contributed by atoms with Crippen LogP contribution in [0.5, 0.6) is 0 Å². The molecule has 2 fully saturated rings. The van der Waals surface area contributed by atoms with Gasteiger partial charge in [-0.05, 0) is 0 Å². The molecule has 1 aromatic rings. The van der Waals surface area contributed by atoms with Crippen LogP contribution in [0, 0.1) is 0 Å². The van der Waals surface area contributed by atoms with E-state index in [1.165, 1.54) is 0 Å². The number of halogens is 2. The standard InChI is InChI=1S/C13H22N4O2S.2ClH/c18-13(9-14-1-7-19-11-13)10-16-3-5-17(6-4-16)12-15-2-8-20-12;;/h2,8,14,18H,1,3-7,9-11H2;2*1H. The second kappa shape index (κ2) is 9.22. The second-order valence-electron chi connectivity index (χ2n) is 5.53. The molecule has 3 heterocycles. The van der Waals surface area contributed by atoms with Crippen LogP contribution in [0.25, 0.3) is 0 Å². The Morgan fingerprint density at radius 1 is 1.32 bits per heavy atom. The number of β-amino-alcohol motifs (C(OH)–C–C–N with tert-alkyl or cyclic N) is 1. The molecular weight excluding hydrogens is 347 g/mol. The van der Waals surface area contributed by atoms with Crippen LogP contribution in [-0.4, -0.2) is 79.6 Å². The molecule has 2 aliphatic heterocycles. The predicted molar refractivity (Wildman–Crippen MR) is 93.9 cm³/mol. The molecule has 6 nitrogen and oxygen atoms in total. The minimum absolute atomic E-state index is 0. The molecule has 0 amide bonds. The van der Waals surface area contributed by atoms with Gasteiger partial charge < -0.3 is 20.1 Å². The minimum Gasteiger partial charge on any atom is -0.385 e. The van der Waals surface area contributed by atoms with Crippen molar-refractivity contribution in [3.05, 3.63) is 11.6 Å². The molecule has 2 N–H and O–H groups in total. The van der Waals surface area contributed by atoms with Gasteiger partial charge in [-0.25, -0.2) is 4.98 Å². The first kappa shape index (κ1) is 19.9. The molecule has 2 aliphatic rings. The van der Waals surface area contributed by atoms with Crippen LogP contribution in [0.4, 0.5) is 5.13 Å². The number of nitrogens with zero attached hydrogens (tertiary/aromatic N) is 3. The predicted octanol–water partition coefficient (Wildman–Crippen LogP) is 0.460. The first-order valence-electron chi connectivity index (χ1n) is 7.13. The van der Waals surface area contributed by atoms with Gasteiger partial charge in [0.1, 0.15) is 5.60 Å². The normalized spacial score (nSPS) is 26.7. The second-order valence-corrected chi connectivity index (χ2v) is 6.40. The topological polar surface area (TPSA) is 60.9 Å². The molecule has 0 bridgehead atoms. The highest BCUT2D eigenvalue weighted by atomic mass is 35.5. The lowest BCUT2D eigenvalue weighted by atomic mass is 10.0. The van der Waals surface area contributed by atoms with Gasteiger partial charge in [-0.15, -0.1) is 36.2 Å². The summed E-state index contributed by atoms with van der Waals surface area (Å²) < 4.78 is 5.47. The lowest BCUT2D eigenvalue weighted by Gasteiger charge is -2.38. The van der Waals surface area contributed by atoms with Gasteiger partial charge in [0.05, 0.1) is 13.2 Å². The summed E-state index contributed by atoms with van der Waals surface area (Å²) in [6, 6.07) is 0. The first-order chi connectivity index (χ1) is 9.75. The Bertz CT molecular complexity index is 408. The Hall–Kier alpha value is -0.150. The van der Waals surface area contributed by atoms with Gasteiger partial charge in [0.15, 0.2) is 5.13 Å². The summed E-state index contributed by atoms with van der Waals surface area (Å²) in [6.07, 6.45) is 1.85. The molecule has 1 unspecified atom stereocenters. The number of anilines is 1. The maximum absolute atomic E-state index is 10.6. The third-order valence-corrected chi connectivity index (χ3v) is 4.66. The van der Waals surface area contributed by atoms with Crippen molar-refractivity contribution in [2.75, 3.05) is 63.9 Å². The first-order valence-corrected chi connectivity index (χ1v) is 8.01. The smallest absolute Gasteiger partial charge is 0.185 e. The molecule has 2 saturated heterocycles. The van der Waals surface area contributed by atoms with Gasteiger partial charge in [-0.2, -0.15) is 0 Å². The molecule has 9 heteroatoms. The van der Waals surface area contributed by atoms with Crippen LogP contribution in [0.3, 0.4) is 0 Å². The molecule has 3 rings (SSSR count). The zero-order chi connectivity index (χ0) is 13.8. The van der Waals surface area contributed by atoms with E-state index < -0.39 is 5.60 Å². The van der Waals surface area contributed by atoms with Crippen LogP contribution < -0.4 is 10.2 Å². The Labute approximate surface area is 147 Å². The van der Waals surface area contributed by atoms with Gasteiger partial charge in [0, 0.05) is 57.4 Å². The number of nitrogens with one attached hydrogen (secondary N) is 1. The molecule has 0 spiro atoms. The molecule has 128 valence electrons. The molecule has 22 heavy (non-hydrogen) atoms. The van der Waals surface area contributed by atoms with Crippen molar-refractivity contribution in [3.63, 3.8) is 0 Å². The van der Waals surface area contributed by atoms with Crippen molar-refractivity contribution >= 4 is 41.3 Å². The number of piperazine rings is 1. The lowest BCUT2D eigenvalue weighted by Crippen LogP contribution is -2.56. The molecular formula is C13H24Cl2N4O2S. The average molecular weight is 371 g/mol. The van der Waals surface area contributed by atoms with E-state index in [9.17, 15) is 5.11 Å². The summed E-state index contributed by atoms with van der Waals surface area (Å²) in [6.45, 7) is 7.07. The van der Waals surface area contributed by atoms with E-state index in [4.69, 9.17) is 4.74 Å². The number of aliphatic hydroxyl groups is 1. The number of hydrogen-bond acceptors (Lipinski definition) is 7. The maximum Gasteiger partial charge on any atom is 0.185 e. The van der Waals surface area contributed by atoms with Crippen molar-refractivity contribution in [3.8, 4) is 0 Å². The van der Waals surface area contributed by atoms with Crippen molar-refractivity contribution < 1.29 is 9.84 Å². The zero-order valence-electron chi connectivity index (χ0n) is 12.4. The lowest BCUT2D eigenvalue weighted by molar-refractivity contribution is -0.0495. The van der Waals surface area contributed by atoms with Gasteiger partial charge >= 0.3 is 0 Å². The molecule has 1 atom stereocenters. The number of aromatic nitrogens is 1. The summed E-state index contributed by atoms with van der Waals surface area (Å²) >= 11 is 1.69. The van der Waals surface area contributed by atoms with Crippen LogP contribution in [0.2, 0.25) is 0 Å². The van der Waals surface area contributed by atoms with Crippen LogP contribution in [-0.2, 0) is 4.74 Å². The quantitative estimate of drug-likeness (QED) is 0.805. The third kappa shape index (κ3) is 5.19. The van der Waals surface area contributed by atoms with E-state index in [0.29, 0.717) is 26.3 Å². The van der Waals surface area contributed by atoms with Crippen LogP contribution >= 0.6 is 36.2 Å². The fourth-order valence-electron chi connectivity index (χ4n) is 2.77. The van der Waals surface area contributed by atoms with Gasteiger partial charge in [-0.1, -0.05) is 0 Å². The molecule has 0 aliphatic carbocycles. The Kier molecular flexibility index (Phi) is 8.34. The monoisotopic (exact) mass is 370 g/mol. The minimum atomic E-state index is -0.764. The number of rotatable bonds is 3. The highest BCUT2D eigenvalue weighted by molar-refractivity contribution is 7.13. The zero-order valence-corrected chi connectivity index (χ0v) is 14.9. The number of ether oxygens (including phenoxy) is 1. The van der Waals surface area contributed by atoms with Crippen LogP contribution in [0.15, 0.2) is 11.6 Å². The summed E-state index contributed by atoms with van der Waals surface area (Å²) in [5.41, 5.74) is -0.764. The summed E-state index contributed by atoms with van der Waals surface area (Å²) in [7, 11) is 0. The van der Waals surface area contributed by atoms with E-state index in [0.717, 1.165) is 37.9 Å². The number of thiazole rings is 1. The molecule has 0 aromatic carbocycles. The Balaban J connectivity index is 0.00000121. The highest BCUT2D eigenvalue weighted by Gasteiger charge is 2.32. The van der Waals surface area contributed by atoms with Crippen molar-refractivity contribution in [1.82, 2.24) is 15.2 Å². The number of hydrogen-bond donors (Lipinski definition) is 2. The van der Waals surface area contributed by atoms with E-state index >= 15 is 0 Å². The van der Waals surface area contributed by atoms with Crippen molar-refractivity contribution in [2.24, 2.45) is 0 Å². The average Bonchev–Trinajstić information content (AvgIpc) is 2.90. The Morgan fingerprint density at radius 3 is 2.77 bits per heavy atom. The van der Waals surface area contributed by atoms with E-state index in [1.54, 1.807) is 11.3 Å². The third-order valence-electron chi connectivity index (χ3n) is 3.83. The Morgan fingerprint density at radius 2 is 2.09 bits per heavy atom. The van der Waals surface area contributed by atoms with E-state index in [-0.39, 0.29) is 24.8 Å². The highest BCUT2D eigenvalue weighted by Crippen LogP contribution is 2.20. The fraction of sp³-hybridized carbons (Fsp3) is 0.769. The molecule has 1 aromatic heterocycles. The summed E-state index contributed by atoms with van der Waals surface area (Å²) in [4.78, 5) is 8.99.